The molecule has 0 radical (unpaired) electrons. The number of piperidine rings is 1. The van der Waals surface area contributed by atoms with Gasteiger partial charge in [0.2, 0.25) is 0 Å². The third-order valence-electron chi connectivity index (χ3n) is 2.49. The first-order valence-corrected chi connectivity index (χ1v) is 6.33. The lowest BCUT2D eigenvalue weighted by atomic mass is 10.0. The van der Waals surface area contributed by atoms with Gasteiger partial charge in [-0.25, -0.2) is 0 Å². The van der Waals surface area contributed by atoms with Crippen LogP contribution in [0.5, 0.6) is 0 Å². The Bertz CT molecular complexity index is 175. The van der Waals surface area contributed by atoms with E-state index >= 15 is 0 Å². The van der Waals surface area contributed by atoms with Crippen molar-refractivity contribution in [1.29, 1.82) is 0 Å². The molecule has 0 saturated carbocycles. The molecule has 5 heteroatoms. The molecular weight excluding hydrogens is 234 g/mol. The second kappa shape index (κ2) is 9.31. The molecule has 0 atom stereocenters. The van der Waals surface area contributed by atoms with E-state index in [2.05, 4.69) is 10.1 Å². The highest BCUT2D eigenvalue weighted by Gasteiger charge is 2.12. The van der Waals surface area contributed by atoms with Gasteiger partial charge in [-0.05, 0) is 37.6 Å². The summed E-state index contributed by atoms with van der Waals surface area (Å²) in [6.07, 6.45) is 3.11. The molecule has 0 aliphatic carbocycles. The number of carbonyl (C=O) groups excluding carboxylic acids is 1. The van der Waals surface area contributed by atoms with Gasteiger partial charge in [-0.15, -0.1) is 12.4 Å². The van der Waals surface area contributed by atoms with Gasteiger partial charge in [0.05, 0.1) is 13.5 Å². The van der Waals surface area contributed by atoms with Crippen LogP contribution in [0.3, 0.4) is 0 Å². The third kappa shape index (κ3) is 7.03. The Morgan fingerprint density at radius 1 is 1.47 bits per heavy atom. The minimum absolute atomic E-state index is 0. The van der Waals surface area contributed by atoms with Crippen molar-refractivity contribution in [2.24, 2.45) is 5.92 Å². The average Bonchev–Trinajstić information content (AvgIpc) is 2.25. The highest BCUT2D eigenvalue weighted by Crippen LogP contribution is 2.18. The Kier molecular flexibility index (Phi) is 9.35. The van der Waals surface area contributed by atoms with E-state index in [4.69, 9.17) is 0 Å². The van der Waals surface area contributed by atoms with Crippen LogP contribution in [0.25, 0.3) is 0 Å². The number of nitrogens with one attached hydrogen (secondary N) is 1. The summed E-state index contributed by atoms with van der Waals surface area (Å²) in [6.45, 7) is 2.31. The first kappa shape index (κ1) is 15.1. The lowest BCUT2D eigenvalue weighted by molar-refractivity contribution is -0.140. The normalized spacial score (nSPS) is 16.9. The summed E-state index contributed by atoms with van der Waals surface area (Å²) in [6, 6.07) is 0. The molecule has 1 aliphatic heterocycles. The van der Waals surface area contributed by atoms with E-state index in [0.29, 0.717) is 6.42 Å². The van der Waals surface area contributed by atoms with Crippen molar-refractivity contribution < 1.29 is 9.53 Å². The lowest BCUT2D eigenvalue weighted by Crippen LogP contribution is -2.28. The number of esters is 1. The topological polar surface area (TPSA) is 38.3 Å². The van der Waals surface area contributed by atoms with E-state index in [-0.39, 0.29) is 18.4 Å². The van der Waals surface area contributed by atoms with Crippen LogP contribution in [-0.4, -0.2) is 37.7 Å². The van der Waals surface area contributed by atoms with Crippen molar-refractivity contribution in [2.75, 3.05) is 31.7 Å². The first-order chi connectivity index (χ1) is 6.83. The number of ether oxygens (including phenoxy) is 1. The zero-order valence-electron chi connectivity index (χ0n) is 9.16. The van der Waals surface area contributed by atoms with Gasteiger partial charge < -0.3 is 10.1 Å². The van der Waals surface area contributed by atoms with Gasteiger partial charge in [0.15, 0.2) is 0 Å². The van der Waals surface area contributed by atoms with Crippen molar-refractivity contribution >= 4 is 30.1 Å². The van der Waals surface area contributed by atoms with Gasteiger partial charge in [-0.2, -0.15) is 11.8 Å². The molecular formula is C10H20ClNO2S. The number of hydrogen-bond acceptors (Lipinski definition) is 4. The molecule has 1 aliphatic rings. The SMILES string of the molecule is COC(=O)CCSCC1CCNCC1.Cl. The van der Waals surface area contributed by atoms with Gasteiger partial charge in [0.1, 0.15) is 0 Å². The Morgan fingerprint density at radius 2 is 2.13 bits per heavy atom. The number of halogens is 1. The molecule has 0 bridgehead atoms. The molecule has 0 aromatic carbocycles. The first-order valence-electron chi connectivity index (χ1n) is 5.18. The van der Waals surface area contributed by atoms with Gasteiger partial charge >= 0.3 is 5.97 Å². The molecule has 90 valence electrons. The molecule has 1 rings (SSSR count). The number of rotatable bonds is 5. The molecule has 1 N–H and O–H groups in total. The summed E-state index contributed by atoms with van der Waals surface area (Å²) >= 11 is 1.87. The van der Waals surface area contributed by atoms with E-state index < -0.39 is 0 Å². The van der Waals surface area contributed by atoms with Gasteiger partial charge in [-0.3, -0.25) is 4.79 Å². The van der Waals surface area contributed by atoms with Gasteiger partial charge in [-0.1, -0.05) is 0 Å². The smallest absolute Gasteiger partial charge is 0.306 e. The predicted octanol–water partition coefficient (Wildman–Crippen LogP) is 1.70. The number of methoxy groups -OCH3 is 1. The highest BCUT2D eigenvalue weighted by atomic mass is 35.5. The summed E-state index contributed by atoms with van der Waals surface area (Å²) in [5.74, 6) is 2.84. The summed E-state index contributed by atoms with van der Waals surface area (Å²) in [5.41, 5.74) is 0. The Balaban J connectivity index is 0.00000196. The average molecular weight is 254 g/mol. The van der Waals surface area contributed by atoms with Crippen molar-refractivity contribution in [3.63, 3.8) is 0 Å². The van der Waals surface area contributed by atoms with Crippen LogP contribution in [0.1, 0.15) is 19.3 Å². The van der Waals surface area contributed by atoms with E-state index in [1.54, 1.807) is 0 Å². The standard InChI is InChI=1S/C10H19NO2S.ClH/c1-13-10(12)4-7-14-8-9-2-5-11-6-3-9;/h9,11H,2-8H2,1H3;1H. The van der Waals surface area contributed by atoms with Crippen LogP contribution >= 0.6 is 24.2 Å². The maximum Gasteiger partial charge on any atom is 0.306 e. The molecule has 0 amide bonds. The second-order valence-corrected chi connectivity index (χ2v) is 4.74. The number of carbonyl (C=O) groups is 1. The van der Waals surface area contributed by atoms with E-state index in [1.807, 2.05) is 11.8 Å². The third-order valence-corrected chi connectivity index (χ3v) is 3.69. The fraction of sp³-hybridized carbons (Fsp3) is 0.900. The number of thioether (sulfide) groups is 1. The molecule has 0 unspecified atom stereocenters. The maximum atomic E-state index is 10.8. The molecule has 1 saturated heterocycles. The van der Waals surface area contributed by atoms with E-state index in [9.17, 15) is 4.79 Å². The monoisotopic (exact) mass is 253 g/mol. The van der Waals surface area contributed by atoms with Gasteiger partial charge in [0, 0.05) is 5.75 Å². The van der Waals surface area contributed by atoms with Crippen molar-refractivity contribution in [3.05, 3.63) is 0 Å². The summed E-state index contributed by atoms with van der Waals surface area (Å²) in [4.78, 5) is 10.8. The molecule has 3 nitrogen and oxygen atoms in total. The maximum absolute atomic E-state index is 10.8. The quantitative estimate of drug-likeness (QED) is 0.598. The van der Waals surface area contributed by atoms with Crippen LogP contribution in [0.4, 0.5) is 0 Å². The van der Waals surface area contributed by atoms with Crippen LogP contribution in [-0.2, 0) is 9.53 Å². The Morgan fingerprint density at radius 3 is 2.73 bits per heavy atom. The zero-order chi connectivity index (χ0) is 10.2. The van der Waals surface area contributed by atoms with Crippen molar-refractivity contribution in [2.45, 2.75) is 19.3 Å². The van der Waals surface area contributed by atoms with Crippen LogP contribution < -0.4 is 5.32 Å². The van der Waals surface area contributed by atoms with Crippen LogP contribution in [0, 0.1) is 5.92 Å². The molecule has 15 heavy (non-hydrogen) atoms. The Hall–Kier alpha value is 0.0700. The minimum Gasteiger partial charge on any atom is -0.469 e. The minimum atomic E-state index is -0.0946. The van der Waals surface area contributed by atoms with Crippen LogP contribution in [0.15, 0.2) is 0 Å². The zero-order valence-corrected chi connectivity index (χ0v) is 10.8. The van der Waals surface area contributed by atoms with E-state index in [1.165, 1.54) is 25.7 Å². The summed E-state index contributed by atoms with van der Waals surface area (Å²) in [7, 11) is 1.44. The molecule has 0 aromatic rings. The molecule has 1 fully saturated rings. The second-order valence-electron chi connectivity index (χ2n) is 3.59. The fourth-order valence-corrected chi connectivity index (χ4v) is 2.70. The highest BCUT2D eigenvalue weighted by molar-refractivity contribution is 7.99. The number of hydrogen-bond donors (Lipinski definition) is 1. The molecule has 0 aromatic heterocycles. The molecule has 0 spiro atoms. The predicted molar refractivity (Wildman–Crippen MR) is 66.8 cm³/mol. The van der Waals surface area contributed by atoms with E-state index in [0.717, 1.165) is 24.8 Å². The van der Waals surface area contributed by atoms with Gasteiger partial charge in [0.25, 0.3) is 0 Å². The largest absolute Gasteiger partial charge is 0.469 e. The lowest BCUT2D eigenvalue weighted by Gasteiger charge is -2.21. The van der Waals surface area contributed by atoms with Crippen molar-refractivity contribution in [3.8, 4) is 0 Å². The fourth-order valence-electron chi connectivity index (χ4n) is 1.56. The van der Waals surface area contributed by atoms with Crippen molar-refractivity contribution in [1.82, 2.24) is 5.32 Å². The summed E-state index contributed by atoms with van der Waals surface area (Å²) in [5, 5.41) is 3.35. The molecule has 1 heterocycles. The van der Waals surface area contributed by atoms with Crippen LogP contribution in [0.2, 0.25) is 0 Å². The summed E-state index contributed by atoms with van der Waals surface area (Å²) < 4.78 is 4.58. The Labute approximate surface area is 102 Å².